The maximum atomic E-state index is 11.3. The second-order valence-electron chi connectivity index (χ2n) is 5.00. The summed E-state index contributed by atoms with van der Waals surface area (Å²) in [6.45, 7) is 7.53. The van der Waals surface area contributed by atoms with Gasteiger partial charge < -0.3 is 5.11 Å². The van der Waals surface area contributed by atoms with E-state index in [0.717, 1.165) is 22.3 Å². The molecular weight excluding hydrogens is 282 g/mol. The third-order valence-corrected chi connectivity index (χ3v) is 4.65. The first-order valence-electron chi connectivity index (χ1n) is 6.27. The number of rotatable bonds is 8. The molecule has 1 unspecified atom stereocenters. The second kappa shape index (κ2) is 7.21. The second-order valence-corrected chi connectivity index (χ2v) is 7.09. The number of nitrogens with zero attached hydrogens (tertiary/aromatic N) is 2. The summed E-state index contributed by atoms with van der Waals surface area (Å²) in [5, 5.41) is 12.4. The van der Waals surface area contributed by atoms with Crippen molar-refractivity contribution in [2.24, 2.45) is 0 Å². The maximum Gasteiger partial charge on any atom is 0.323 e. The molecule has 5 nitrogen and oxygen atoms in total. The molecule has 0 bridgehead atoms. The molecule has 0 spiro atoms. The van der Waals surface area contributed by atoms with E-state index in [9.17, 15) is 9.90 Å². The van der Waals surface area contributed by atoms with Crippen LogP contribution in [0.15, 0.2) is 4.34 Å². The highest BCUT2D eigenvalue weighted by Crippen LogP contribution is 2.23. The third kappa shape index (κ3) is 5.46. The highest BCUT2D eigenvalue weighted by Gasteiger charge is 2.32. The summed E-state index contributed by atoms with van der Waals surface area (Å²) in [5.74, 6) is 0.861. The minimum absolute atomic E-state index is 0.152. The summed E-state index contributed by atoms with van der Waals surface area (Å²) in [6, 6.07) is 0.152. The number of carbonyl (C=O) groups is 1. The van der Waals surface area contributed by atoms with Crippen molar-refractivity contribution < 1.29 is 9.90 Å². The Kier molecular flexibility index (Phi) is 6.22. The van der Waals surface area contributed by atoms with E-state index in [-0.39, 0.29) is 6.04 Å². The van der Waals surface area contributed by atoms with Crippen LogP contribution in [0.2, 0.25) is 0 Å². The van der Waals surface area contributed by atoms with Crippen molar-refractivity contribution in [3.8, 4) is 0 Å². The number of aromatic nitrogens is 2. The van der Waals surface area contributed by atoms with Crippen molar-refractivity contribution in [1.29, 1.82) is 0 Å². The van der Waals surface area contributed by atoms with Gasteiger partial charge in [0.25, 0.3) is 0 Å². The normalized spacial score (nSPS) is 14.6. The first kappa shape index (κ1) is 16.4. The Morgan fingerprint density at radius 3 is 2.74 bits per heavy atom. The molecule has 1 atom stereocenters. The number of nitrogens with one attached hydrogen (secondary N) is 1. The van der Waals surface area contributed by atoms with Crippen LogP contribution in [0.1, 0.15) is 39.4 Å². The molecule has 0 aliphatic carbocycles. The highest BCUT2D eigenvalue weighted by atomic mass is 32.2. The Labute approximate surface area is 122 Å². The number of aryl methyl sites for hydroxylation is 1. The number of thioether (sulfide) groups is 1. The molecule has 0 saturated carbocycles. The lowest BCUT2D eigenvalue weighted by Gasteiger charge is -2.28. The van der Waals surface area contributed by atoms with Crippen LogP contribution in [0.5, 0.6) is 0 Å². The Hall–Kier alpha value is -0.660. The molecule has 1 heterocycles. The fourth-order valence-electron chi connectivity index (χ4n) is 1.80. The number of aliphatic carboxylic acids is 1. The first-order valence-corrected chi connectivity index (χ1v) is 8.03. The number of hydrogen-bond acceptors (Lipinski definition) is 6. The Morgan fingerprint density at radius 2 is 2.26 bits per heavy atom. The van der Waals surface area contributed by atoms with Gasteiger partial charge in [-0.25, -0.2) is 4.98 Å². The summed E-state index contributed by atoms with van der Waals surface area (Å²) in [6.07, 6.45) is 1.43. The van der Waals surface area contributed by atoms with Crippen molar-refractivity contribution in [3.63, 3.8) is 0 Å². The highest BCUT2D eigenvalue weighted by molar-refractivity contribution is 8.00. The van der Waals surface area contributed by atoms with Crippen LogP contribution in [0, 0.1) is 6.92 Å². The van der Waals surface area contributed by atoms with Gasteiger partial charge in [-0.3, -0.25) is 10.1 Å². The van der Waals surface area contributed by atoms with Crippen molar-refractivity contribution in [2.45, 2.75) is 56.5 Å². The molecular formula is C12H21N3O2S2. The average molecular weight is 303 g/mol. The Balaban J connectivity index is 2.38. The van der Waals surface area contributed by atoms with Gasteiger partial charge in [0.05, 0.1) is 0 Å². The first-order chi connectivity index (χ1) is 8.83. The molecule has 19 heavy (non-hydrogen) atoms. The van der Waals surface area contributed by atoms with E-state index in [1.165, 1.54) is 11.5 Å². The molecule has 0 amide bonds. The molecule has 0 aliphatic rings. The van der Waals surface area contributed by atoms with Crippen molar-refractivity contribution >= 4 is 29.3 Å². The Morgan fingerprint density at radius 1 is 1.58 bits per heavy atom. The monoisotopic (exact) mass is 303 g/mol. The molecule has 2 N–H and O–H groups in total. The lowest BCUT2D eigenvalue weighted by molar-refractivity contribution is -0.144. The summed E-state index contributed by atoms with van der Waals surface area (Å²) in [7, 11) is 0. The summed E-state index contributed by atoms with van der Waals surface area (Å²) in [4.78, 5) is 15.6. The number of hydrogen-bond donors (Lipinski definition) is 2. The zero-order valence-corrected chi connectivity index (χ0v) is 13.4. The third-order valence-electron chi connectivity index (χ3n) is 2.63. The van der Waals surface area contributed by atoms with Gasteiger partial charge >= 0.3 is 5.97 Å². The van der Waals surface area contributed by atoms with Gasteiger partial charge in [-0.2, -0.15) is 4.37 Å². The van der Waals surface area contributed by atoms with Crippen LogP contribution in [-0.4, -0.2) is 37.8 Å². The summed E-state index contributed by atoms with van der Waals surface area (Å²) in [5.41, 5.74) is -0.855. The van der Waals surface area contributed by atoms with E-state index in [2.05, 4.69) is 14.7 Å². The topological polar surface area (TPSA) is 75.1 Å². The fourth-order valence-corrected chi connectivity index (χ4v) is 3.46. The lowest BCUT2D eigenvalue weighted by Crippen LogP contribution is -2.52. The van der Waals surface area contributed by atoms with Crippen molar-refractivity contribution in [3.05, 3.63) is 5.82 Å². The Bertz CT molecular complexity index is 423. The van der Waals surface area contributed by atoms with E-state index in [4.69, 9.17) is 0 Å². The molecule has 0 aromatic carbocycles. The predicted molar refractivity (Wildman–Crippen MR) is 78.9 cm³/mol. The molecule has 1 rings (SSSR count). The minimum atomic E-state index is -0.855. The largest absolute Gasteiger partial charge is 0.480 e. The molecule has 0 radical (unpaired) electrons. The SMILES string of the molecule is Cc1nsc(SCCCC(C)(NC(C)C)C(=O)O)n1. The maximum absolute atomic E-state index is 11.3. The van der Waals surface area contributed by atoms with Gasteiger partial charge in [0.15, 0.2) is 4.34 Å². The molecule has 108 valence electrons. The zero-order valence-electron chi connectivity index (χ0n) is 11.8. The van der Waals surface area contributed by atoms with Crippen molar-refractivity contribution in [2.75, 3.05) is 5.75 Å². The molecule has 0 fully saturated rings. The van der Waals surface area contributed by atoms with Crippen molar-refractivity contribution in [1.82, 2.24) is 14.7 Å². The van der Waals surface area contributed by atoms with E-state index >= 15 is 0 Å². The number of carboxylic acid groups (broad SMARTS) is 1. The molecule has 0 saturated heterocycles. The van der Waals surface area contributed by atoms with Gasteiger partial charge in [-0.1, -0.05) is 11.8 Å². The van der Waals surface area contributed by atoms with E-state index in [1.807, 2.05) is 20.8 Å². The summed E-state index contributed by atoms with van der Waals surface area (Å²) >= 11 is 3.03. The smallest absolute Gasteiger partial charge is 0.323 e. The zero-order chi connectivity index (χ0) is 14.5. The quantitative estimate of drug-likeness (QED) is 0.568. The molecule has 1 aromatic rings. The van der Waals surface area contributed by atoms with Gasteiger partial charge in [0, 0.05) is 11.8 Å². The minimum Gasteiger partial charge on any atom is -0.480 e. The van der Waals surface area contributed by atoms with Crippen LogP contribution < -0.4 is 5.32 Å². The van der Waals surface area contributed by atoms with Crippen LogP contribution in [-0.2, 0) is 4.79 Å². The van der Waals surface area contributed by atoms with Gasteiger partial charge in [0.2, 0.25) is 0 Å². The van der Waals surface area contributed by atoms with Crippen LogP contribution in [0.3, 0.4) is 0 Å². The average Bonchev–Trinajstić information content (AvgIpc) is 2.69. The van der Waals surface area contributed by atoms with Crippen LogP contribution >= 0.6 is 23.3 Å². The lowest BCUT2D eigenvalue weighted by atomic mass is 9.95. The van der Waals surface area contributed by atoms with E-state index in [1.54, 1.807) is 18.7 Å². The van der Waals surface area contributed by atoms with Gasteiger partial charge in [-0.05, 0) is 52.1 Å². The molecule has 7 heteroatoms. The van der Waals surface area contributed by atoms with E-state index in [0.29, 0.717) is 6.42 Å². The summed E-state index contributed by atoms with van der Waals surface area (Å²) < 4.78 is 5.07. The van der Waals surface area contributed by atoms with E-state index < -0.39 is 11.5 Å². The molecule has 0 aliphatic heterocycles. The fraction of sp³-hybridized carbons (Fsp3) is 0.750. The predicted octanol–water partition coefficient (Wildman–Crippen LogP) is 2.56. The van der Waals surface area contributed by atoms with Crippen LogP contribution in [0.4, 0.5) is 0 Å². The van der Waals surface area contributed by atoms with Gasteiger partial charge in [-0.15, -0.1) is 0 Å². The van der Waals surface area contributed by atoms with Gasteiger partial charge in [0.1, 0.15) is 11.4 Å². The molecule has 1 aromatic heterocycles. The number of carboxylic acids is 1. The van der Waals surface area contributed by atoms with Crippen LogP contribution in [0.25, 0.3) is 0 Å². The standard InChI is InChI=1S/C12H21N3O2S2/c1-8(2)14-12(4,10(16)17)6-5-7-18-11-13-9(3)15-19-11/h8,14H,5-7H2,1-4H3,(H,16,17).